The zero-order valence-electron chi connectivity index (χ0n) is 16.8. The third-order valence-corrected chi connectivity index (χ3v) is 3.83. The van der Waals surface area contributed by atoms with Crippen LogP contribution in [0.1, 0.15) is 18.6 Å². The molecule has 1 saturated heterocycles. The molecule has 2 atom stereocenters. The average Bonchev–Trinajstić information content (AvgIpc) is 2.67. The highest BCUT2D eigenvalue weighted by Gasteiger charge is 2.28. The van der Waals surface area contributed by atoms with Gasteiger partial charge in [-0.1, -0.05) is 42.5 Å². The average molecular weight is 427 g/mol. The Balaban J connectivity index is 0.000000628. The molecule has 8 nitrogen and oxygen atoms in total. The maximum atomic E-state index is 9.19. The number of para-hydroxylation sites is 2. The summed E-state index contributed by atoms with van der Waals surface area (Å²) in [5.74, 6) is 1.51. The van der Waals surface area contributed by atoms with Crippen molar-refractivity contribution < 1.29 is 27.2 Å². The number of hydrogen-bond donors (Lipinski definition) is 3. The van der Waals surface area contributed by atoms with Crippen LogP contribution in [0, 0.1) is 0 Å². The topological polar surface area (TPSA) is 129 Å². The minimum atomic E-state index is -3.67. The molecule has 0 radical (unpaired) electrons. The molecule has 0 unspecified atom stereocenters. The Labute approximate surface area is 172 Å². The number of morpholine rings is 1. The van der Waals surface area contributed by atoms with Gasteiger partial charge in [-0.3, -0.25) is 4.55 Å². The summed E-state index contributed by atoms with van der Waals surface area (Å²) in [5, 5.41) is 3.37. The maximum absolute atomic E-state index is 9.19. The molecule has 3 rings (SSSR count). The van der Waals surface area contributed by atoms with Crippen LogP contribution in [-0.4, -0.2) is 51.6 Å². The van der Waals surface area contributed by atoms with E-state index in [1.807, 2.05) is 49.4 Å². The van der Waals surface area contributed by atoms with Crippen molar-refractivity contribution in [3.8, 4) is 11.5 Å². The van der Waals surface area contributed by atoms with Gasteiger partial charge in [-0.2, -0.15) is 8.42 Å². The quantitative estimate of drug-likeness (QED) is 0.601. The summed E-state index contributed by atoms with van der Waals surface area (Å²) in [5.41, 5.74) is 1.10. The van der Waals surface area contributed by atoms with Gasteiger partial charge in [0.05, 0.1) is 19.5 Å². The van der Waals surface area contributed by atoms with Crippen molar-refractivity contribution in [1.82, 2.24) is 11.5 Å². The van der Waals surface area contributed by atoms with E-state index >= 15 is 0 Å². The largest absolute Gasteiger partial charge is 0.490 e. The molecule has 29 heavy (non-hydrogen) atoms. The second-order valence-electron chi connectivity index (χ2n) is 6.18. The summed E-state index contributed by atoms with van der Waals surface area (Å²) in [6.45, 7) is 4.94. The van der Waals surface area contributed by atoms with Gasteiger partial charge in [0.15, 0.2) is 17.6 Å². The van der Waals surface area contributed by atoms with Gasteiger partial charge in [0.2, 0.25) is 0 Å². The second-order valence-corrected chi connectivity index (χ2v) is 7.64. The number of rotatable bonds is 6. The Morgan fingerprint density at radius 1 is 1.14 bits per heavy atom. The molecule has 1 heterocycles. The van der Waals surface area contributed by atoms with Gasteiger partial charge in [0.1, 0.15) is 6.10 Å². The van der Waals surface area contributed by atoms with Crippen LogP contribution in [-0.2, 0) is 14.9 Å². The van der Waals surface area contributed by atoms with Gasteiger partial charge in [0, 0.05) is 13.1 Å². The summed E-state index contributed by atoms with van der Waals surface area (Å²) in [6.07, 6.45) is 0.513. The summed E-state index contributed by atoms with van der Waals surface area (Å²) < 4.78 is 43.8. The van der Waals surface area contributed by atoms with E-state index in [2.05, 4.69) is 17.4 Å². The molecule has 162 valence electrons. The third-order valence-electron chi connectivity index (χ3n) is 3.83. The van der Waals surface area contributed by atoms with E-state index in [0.29, 0.717) is 19.5 Å². The highest BCUT2D eigenvalue weighted by atomic mass is 32.2. The molecular weight excluding hydrogens is 396 g/mol. The van der Waals surface area contributed by atoms with E-state index in [0.717, 1.165) is 30.2 Å². The lowest BCUT2D eigenvalue weighted by molar-refractivity contribution is -0.0439. The summed E-state index contributed by atoms with van der Waals surface area (Å²) in [4.78, 5) is 0. The van der Waals surface area contributed by atoms with E-state index in [4.69, 9.17) is 18.8 Å². The van der Waals surface area contributed by atoms with E-state index < -0.39 is 10.1 Å². The van der Waals surface area contributed by atoms with Crippen LogP contribution < -0.4 is 20.9 Å². The van der Waals surface area contributed by atoms with Crippen LogP contribution in [0.25, 0.3) is 0 Å². The molecule has 0 spiro atoms. The smallest absolute Gasteiger partial charge is 0.261 e. The van der Waals surface area contributed by atoms with Crippen molar-refractivity contribution in [2.24, 2.45) is 0 Å². The first kappa shape index (κ1) is 24.9. The Morgan fingerprint density at radius 3 is 2.28 bits per heavy atom. The molecule has 1 aliphatic heterocycles. The fourth-order valence-electron chi connectivity index (χ4n) is 2.74. The minimum absolute atomic E-state index is 0. The molecule has 0 amide bonds. The van der Waals surface area contributed by atoms with Crippen molar-refractivity contribution in [1.29, 1.82) is 0 Å². The first-order valence-corrected chi connectivity index (χ1v) is 10.9. The van der Waals surface area contributed by atoms with Crippen LogP contribution in [0.4, 0.5) is 0 Å². The molecule has 5 N–H and O–H groups in total. The molecule has 1 fully saturated rings. The highest BCUT2D eigenvalue weighted by molar-refractivity contribution is 7.85. The lowest BCUT2D eigenvalue weighted by Crippen LogP contribution is -2.43. The highest BCUT2D eigenvalue weighted by Crippen LogP contribution is 2.33. The number of hydrogen-bond acceptors (Lipinski definition) is 7. The van der Waals surface area contributed by atoms with Crippen LogP contribution in [0.3, 0.4) is 0 Å². The minimum Gasteiger partial charge on any atom is -0.490 e. The molecule has 0 bridgehead atoms. The molecular formula is C20H30N2O6S. The molecule has 0 aliphatic carbocycles. The van der Waals surface area contributed by atoms with E-state index in [1.165, 1.54) is 0 Å². The summed E-state index contributed by atoms with van der Waals surface area (Å²) in [6, 6.07) is 18.0. The summed E-state index contributed by atoms with van der Waals surface area (Å²) in [7, 11) is -3.67. The molecule has 2 aromatic rings. The van der Waals surface area contributed by atoms with E-state index in [9.17, 15) is 8.42 Å². The van der Waals surface area contributed by atoms with Crippen LogP contribution in [0.2, 0.25) is 0 Å². The Morgan fingerprint density at radius 2 is 1.72 bits per heavy atom. The van der Waals surface area contributed by atoms with Crippen LogP contribution in [0.15, 0.2) is 54.6 Å². The van der Waals surface area contributed by atoms with Gasteiger partial charge in [-0.15, -0.1) is 0 Å². The van der Waals surface area contributed by atoms with Gasteiger partial charge >= 0.3 is 0 Å². The van der Waals surface area contributed by atoms with Gasteiger partial charge in [0.25, 0.3) is 10.1 Å². The Hall–Kier alpha value is -2.17. The molecule has 2 aromatic carbocycles. The fraction of sp³-hybridized carbons (Fsp3) is 0.400. The van der Waals surface area contributed by atoms with Crippen molar-refractivity contribution in [3.05, 3.63) is 60.2 Å². The van der Waals surface area contributed by atoms with Crippen LogP contribution >= 0.6 is 0 Å². The van der Waals surface area contributed by atoms with Crippen molar-refractivity contribution in [2.75, 3.05) is 32.6 Å². The first-order valence-electron chi connectivity index (χ1n) is 9.06. The Kier molecular flexibility index (Phi) is 10.6. The van der Waals surface area contributed by atoms with E-state index in [-0.39, 0.29) is 18.4 Å². The van der Waals surface area contributed by atoms with Crippen molar-refractivity contribution in [3.63, 3.8) is 0 Å². The van der Waals surface area contributed by atoms with Crippen molar-refractivity contribution in [2.45, 2.75) is 19.1 Å². The normalized spacial score (nSPS) is 17.1. The monoisotopic (exact) mass is 426 g/mol. The predicted molar refractivity (Wildman–Crippen MR) is 113 cm³/mol. The number of nitrogens with one attached hydrogen (secondary N) is 1. The van der Waals surface area contributed by atoms with E-state index in [1.54, 1.807) is 0 Å². The standard InChI is InChI=1S/C19H23NO3.CH4O3S.H3N/c1-2-21-16-10-6-7-11-17(16)23-19(15-8-4-3-5-9-15)18-14-20-12-13-22-18;1-5(2,3)4;/h3-11,18-20H,2,12-14H2,1H3;1H3,(H,2,3,4);1H3/t18-,19-;;/m1../s1. The fourth-order valence-corrected chi connectivity index (χ4v) is 2.74. The third kappa shape index (κ3) is 9.25. The van der Waals surface area contributed by atoms with Gasteiger partial charge < -0.3 is 25.7 Å². The maximum Gasteiger partial charge on any atom is 0.261 e. The lowest BCUT2D eigenvalue weighted by atomic mass is 10.0. The number of ether oxygens (including phenoxy) is 3. The molecule has 9 heteroatoms. The first-order chi connectivity index (χ1) is 13.4. The van der Waals surface area contributed by atoms with Gasteiger partial charge in [-0.05, 0) is 24.6 Å². The second kappa shape index (κ2) is 12.4. The van der Waals surface area contributed by atoms with Crippen LogP contribution in [0.5, 0.6) is 11.5 Å². The summed E-state index contributed by atoms with van der Waals surface area (Å²) >= 11 is 0. The molecule has 0 aromatic heterocycles. The SMILES string of the molecule is CCOc1ccccc1O[C@H](c1ccccc1)[C@H]1CNCCO1.CS(=O)(=O)O.N. The van der Waals surface area contributed by atoms with Crippen molar-refractivity contribution >= 4 is 10.1 Å². The molecule has 0 saturated carbocycles. The zero-order chi connectivity index (χ0) is 20.4. The molecule has 1 aliphatic rings. The number of benzene rings is 2. The predicted octanol–water partition coefficient (Wildman–Crippen LogP) is 2.86. The Bertz CT molecular complexity index is 803. The lowest BCUT2D eigenvalue weighted by Gasteiger charge is -2.32. The zero-order valence-corrected chi connectivity index (χ0v) is 17.6. The van der Waals surface area contributed by atoms with Gasteiger partial charge in [-0.25, -0.2) is 0 Å².